The molecule has 42 heavy (non-hydrogen) atoms. The summed E-state index contributed by atoms with van der Waals surface area (Å²) in [6, 6.07) is 6.11. The number of likely N-dealkylation sites (tertiary alicyclic amines) is 1. The van der Waals surface area contributed by atoms with E-state index in [2.05, 4.69) is 32.1 Å². The van der Waals surface area contributed by atoms with Crippen LogP contribution in [0.25, 0.3) is 5.57 Å². The maximum atomic E-state index is 13.6. The number of aromatic nitrogens is 3. The van der Waals surface area contributed by atoms with E-state index < -0.39 is 5.60 Å². The molecule has 2 aromatic rings. The van der Waals surface area contributed by atoms with Gasteiger partial charge < -0.3 is 20.6 Å². The standard InChI is InChI=1S/C31H33FN8O2/c1-31(2,41)21-42-27-11-28(30(36-16-27)23(12-33)13-34)24-15-37-40(18-24)26-6-4-9-38(20-26)17-22-7-8-29(35-14-22)39-10-3-5-25(32)19-39/h5,7-8,10-12,14-16,18-19,26,33,36,41H,4,6,9,17,20-21H2,1-2H3/b30-23+,33-12?/t26-/m0/s1. The van der Waals surface area contributed by atoms with Crippen molar-refractivity contribution in [3.8, 4) is 6.07 Å². The van der Waals surface area contributed by atoms with E-state index in [1.54, 1.807) is 43.4 Å². The van der Waals surface area contributed by atoms with Crippen LogP contribution in [0.1, 0.15) is 43.9 Å². The average Bonchev–Trinajstić information content (AvgIpc) is 3.48. The Morgan fingerprint density at radius 3 is 2.95 bits per heavy atom. The second-order valence-electron chi connectivity index (χ2n) is 11.0. The Morgan fingerprint density at radius 1 is 1.38 bits per heavy atom. The van der Waals surface area contributed by atoms with E-state index in [0.717, 1.165) is 49.8 Å². The number of piperidine rings is 1. The third kappa shape index (κ3) is 6.93. The fraction of sp³-hybridized carbons (Fsp3) is 0.323. The number of allylic oxidation sites excluding steroid dienone is 5. The summed E-state index contributed by atoms with van der Waals surface area (Å²) in [5.74, 6) is 0.758. The van der Waals surface area contributed by atoms with Crippen LogP contribution >= 0.6 is 0 Å². The topological polar surface area (TPSA) is 126 Å². The lowest BCUT2D eigenvalue weighted by Gasteiger charge is -2.32. The first kappa shape index (κ1) is 28.8. The van der Waals surface area contributed by atoms with Crippen molar-refractivity contribution < 1.29 is 14.2 Å². The number of nitriles is 1. The van der Waals surface area contributed by atoms with Crippen molar-refractivity contribution in [2.75, 3.05) is 24.6 Å². The van der Waals surface area contributed by atoms with E-state index in [4.69, 9.17) is 10.1 Å². The Balaban J connectivity index is 1.29. The zero-order chi connectivity index (χ0) is 29.7. The highest BCUT2D eigenvalue weighted by Crippen LogP contribution is 2.31. The maximum absolute atomic E-state index is 13.6. The van der Waals surface area contributed by atoms with Gasteiger partial charge in [-0.1, -0.05) is 11.8 Å². The van der Waals surface area contributed by atoms with Crippen LogP contribution in [0, 0.1) is 16.7 Å². The van der Waals surface area contributed by atoms with Crippen LogP contribution in [0.15, 0.2) is 90.1 Å². The monoisotopic (exact) mass is 568 g/mol. The first-order valence-electron chi connectivity index (χ1n) is 13.7. The van der Waals surface area contributed by atoms with Gasteiger partial charge >= 0.3 is 0 Å². The van der Waals surface area contributed by atoms with Crippen molar-refractivity contribution in [3.05, 3.63) is 101 Å². The normalized spacial score (nSPS) is 20.2. The number of nitrogens with one attached hydrogen (secondary N) is 2. The van der Waals surface area contributed by atoms with Crippen molar-refractivity contribution >= 4 is 17.6 Å². The molecule has 0 unspecified atom stereocenters. The van der Waals surface area contributed by atoms with E-state index in [1.807, 2.05) is 29.2 Å². The number of pyridine rings is 1. The van der Waals surface area contributed by atoms with Crippen molar-refractivity contribution in [3.63, 3.8) is 0 Å². The first-order valence-corrected chi connectivity index (χ1v) is 13.7. The number of anilines is 1. The predicted octanol–water partition coefficient (Wildman–Crippen LogP) is 4.46. The van der Waals surface area contributed by atoms with Gasteiger partial charge in [-0.25, -0.2) is 9.37 Å². The Kier molecular flexibility index (Phi) is 8.50. The molecule has 3 aliphatic heterocycles. The largest absolute Gasteiger partial charge is 0.489 e. The van der Waals surface area contributed by atoms with Gasteiger partial charge in [0.05, 0.1) is 35.3 Å². The molecule has 11 heteroatoms. The van der Waals surface area contributed by atoms with Crippen LogP contribution in [0.4, 0.5) is 10.2 Å². The van der Waals surface area contributed by atoms with Gasteiger partial charge in [-0.2, -0.15) is 10.4 Å². The number of halogens is 1. The number of dihydropyridines is 1. The zero-order valence-electron chi connectivity index (χ0n) is 23.6. The highest BCUT2D eigenvalue weighted by molar-refractivity contribution is 5.92. The summed E-state index contributed by atoms with van der Waals surface area (Å²) in [5.41, 5.74) is 4.97. The van der Waals surface area contributed by atoms with E-state index >= 15 is 0 Å². The zero-order valence-corrected chi connectivity index (χ0v) is 23.6. The van der Waals surface area contributed by atoms with Crippen LogP contribution in [0.5, 0.6) is 0 Å². The van der Waals surface area contributed by atoms with Crippen molar-refractivity contribution in [2.45, 2.75) is 44.9 Å². The number of nitrogens with zero attached hydrogens (tertiary/aromatic N) is 6. The maximum Gasteiger partial charge on any atom is 0.147 e. The Labute approximate surface area is 244 Å². The molecule has 0 radical (unpaired) electrons. The molecule has 5 heterocycles. The van der Waals surface area contributed by atoms with Gasteiger partial charge in [0.25, 0.3) is 0 Å². The van der Waals surface area contributed by atoms with Gasteiger partial charge in [0.2, 0.25) is 0 Å². The molecule has 1 atom stereocenters. The molecule has 5 rings (SSSR count). The summed E-state index contributed by atoms with van der Waals surface area (Å²) in [6.07, 6.45) is 16.3. The second kappa shape index (κ2) is 12.4. The summed E-state index contributed by atoms with van der Waals surface area (Å²) in [6.45, 7) is 5.92. The molecule has 0 aliphatic carbocycles. The average molecular weight is 569 g/mol. The van der Waals surface area contributed by atoms with Crippen LogP contribution in [0.2, 0.25) is 0 Å². The molecule has 0 saturated carbocycles. The minimum atomic E-state index is -1.01. The summed E-state index contributed by atoms with van der Waals surface area (Å²) in [7, 11) is 0. The lowest BCUT2D eigenvalue weighted by atomic mass is 9.99. The van der Waals surface area contributed by atoms with Crippen molar-refractivity contribution in [2.24, 2.45) is 0 Å². The van der Waals surface area contributed by atoms with Gasteiger partial charge in [-0.3, -0.25) is 14.5 Å². The summed E-state index contributed by atoms with van der Waals surface area (Å²) >= 11 is 0. The molecular formula is C31H33FN8O2. The quantitative estimate of drug-likeness (QED) is 0.230. The highest BCUT2D eigenvalue weighted by atomic mass is 19.1. The van der Waals surface area contributed by atoms with Gasteiger partial charge in [-0.05, 0) is 50.9 Å². The number of hydrogen-bond donors (Lipinski definition) is 3. The molecule has 216 valence electrons. The van der Waals surface area contributed by atoms with Crippen molar-refractivity contribution in [1.29, 1.82) is 10.7 Å². The lowest BCUT2D eigenvalue weighted by molar-refractivity contribution is 0.00548. The fourth-order valence-electron chi connectivity index (χ4n) is 4.96. The van der Waals surface area contributed by atoms with E-state index in [1.165, 1.54) is 12.3 Å². The van der Waals surface area contributed by atoms with Crippen LogP contribution < -0.4 is 10.2 Å². The molecule has 2 aromatic heterocycles. The van der Waals surface area contributed by atoms with Crippen LogP contribution in [-0.2, 0) is 11.3 Å². The van der Waals surface area contributed by atoms with E-state index in [9.17, 15) is 14.8 Å². The second-order valence-corrected chi connectivity index (χ2v) is 11.0. The molecule has 1 fully saturated rings. The Morgan fingerprint density at radius 2 is 2.24 bits per heavy atom. The summed E-state index contributed by atoms with van der Waals surface area (Å²) < 4.78 is 21.3. The Hall–Kier alpha value is -4.75. The molecule has 10 nitrogen and oxygen atoms in total. The highest BCUT2D eigenvalue weighted by Gasteiger charge is 2.25. The third-order valence-corrected chi connectivity index (χ3v) is 6.99. The number of rotatable bonds is 9. The number of aliphatic hydroxyl groups is 1. The molecule has 0 bridgehead atoms. The molecular weight excluding hydrogens is 535 g/mol. The minimum absolute atomic E-state index is 0.0939. The Bertz CT molecular complexity index is 1560. The van der Waals surface area contributed by atoms with E-state index in [0.29, 0.717) is 22.8 Å². The molecule has 3 N–H and O–H groups in total. The molecule has 0 spiro atoms. The smallest absolute Gasteiger partial charge is 0.147 e. The molecule has 0 aromatic carbocycles. The van der Waals surface area contributed by atoms with E-state index in [-0.39, 0.29) is 24.0 Å². The lowest BCUT2D eigenvalue weighted by Crippen LogP contribution is -2.36. The summed E-state index contributed by atoms with van der Waals surface area (Å²) in [4.78, 5) is 8.48. The predicted molar refractivity (Wildman–Crippen MR) is 157 cm³/mol. The molecule has 3 aliphatic rings. The van der Waals surface area contributed by atoms with Gasteiger partial charge in [0.1, 0.15) is 30.1 Å². The van der Waals surface area contributed by atoms with Crippen molar-refractivity contribution in [1.82, 2.24) is 25.0 Å². The van der Waals surface area contributed by atoms with Gasteiger partial charge in [0.15, 0.2) is 0 Å². The number of hydrogen-bond acceptors (Lipinski definition) is 9. The third-order valence-electron chi connectivity index (χ3n) is 6.99. The van der Waals surface area contributed by atoms with Gasteiger partial charge in [0, 0.05) is 61.3 Å². The minimum Gasteiger partial charge on any atom is -0.489 e. The molecule has 1 saturated heterocycles. The number of ether oxygens (including phenoxy) is 1. The van der Waals surface area contributed by atoms with Crippen LogP contribution in [0.3, 0.4) is 0 Å². The molecule has 0 amide bonds. The SMILES string of the molecule is CC(C)(O)COC1=CN/C(=C(/C#N)C=N)C(c2cnn([C@H]3CCCN(Cc4ccc(N5C=C=CC(F)=C5)nc4)C3)c2)=C1. The first-order chi connectivity index (χ1) is 20.2. The van der Waals surface area contributed by atoms with Gasteiger partial charge in [-0.15, -0.1) is 0 Å². The fourth-order valence-corrected chi connectivity index (χ4v) is 4.96. The van der Waals surface area contributed by atoms with Crippen LogP contribution in [-0.4, -0.2) is 56.3 Å². The summed E-state index contributed by atoms with van der Waals surface area (Å²) in [5, 5.41) is 35.1.